The number of carboxylic acid groups (broad SMARTS) is 1. The Balaban J connectivity index is 2.70. The van der Waals surface area contributed by atoms with Crippen molar-refractivity contribution in [2.75, 3.05) is 0 Å². The van der Waals surface area contributed by atoms with Crippen LogP contribution in [0.25, 0.3) is 10.3 Å². The largest absolute Gasteiger partial charge is 0.476 e. The normalized spacial score (nSPS) is 10.3. The molecule has 0 aliphatic heterocycles. The van der Waals surface area contributed by atoms with Crippen molar-refractivity contribution in [2.45, 2.75) is 0 Å². The predicted octanol–water partition coefficient (Wildman–Crippen LogP) is 0.784. The van der Waals surface area contributed by atoms with Crippen LogP contribution in [0.4, 0.5) is 0 Å². The van der Waals surface area contributed by atoms with E-state index in [0.29, 0.717) is 10.3 Å². The van der Waals surface area contributed by atoms with Gasteiger partial charge in [0.2, 0.25) is 5.01 Å². The van der Waals surface area contributed by atoms with E-state index in [2.05, 4.69) is 15.0 Å². The second kappa shape index (κ2) is 2.49. The Morgan fingerprint density at radius 3 is 3.08 bits per heavy atom. The maximum Gasteiger partial charge on any atom is 0.365 e. The van der Waals surface area contributed by atoms with Gasteiger partial charge in [0.05, 0.1) is 4.70 Å². The Morgan fingerprint density at radius 2 is 2.42 bits per heavy atom. The molecule has 1 N–H and O–H groups in total. The third-order valence-electron chi connectivity index (χ3n) is 1.26. The van der Waals surface area contributed by atoms with E-state index in [1.54, 1.807) is 6.20 Å². The first-order chi connectivity index (χ1) is 5.77. The molecule has 2 rings (SSSR count). The summed E-state index contributed by atoms with van der Waals surface area (Å²) in [5.41, 5.74) is 0.437. The number of fused-ring (bicyclic) bond motifs is 1. The fourth-order valence-corrected chi connectivity index (χ4v) is 1.51. The average Bonchev–Trinajstić information content (AvgIpc) is 2.46. The summed E-state index contributed by atoms with van der Waals surface area (Å²) in [7, 11) is 0. The maximum atomic E-state index is 10.5. The highest BCUT2D eigenvalue weighted by atomic mass is 32.1. The Kier molecular flexibility index (Phi) is 1.47. The first-order valence-electron chi connectivity index (χ1n) is 3.07. The van der Waals surface area contributed by atoms with Gasteiger partial charge in [-0.3, -0.25) is 0 Å². The summed E-state index contributed by atoms with van der Waals surface area (Å²) in [6.07, 6.45) is 2.89. The lowest BCUT2D eigenvalue weighted by Gasteiger charge is -1.79. The molecule has 6 heteroatoms. The van der Waals surface area contributed by atoms with Crippen molar-refractivity contribution >= 4 is 27.7 Å². The molecule has 2 aromatic heterocycles. The van der Waals surface area contributed by atoms with Gasteiger partial charge in [0.15, 0.2) is 5.65 Å². The fraction of sp³-hybridized carbons (Fsp3) is 0. The van der Waals surface area contributed by atoms with E-state index in [1.165, 1.54) is 6.33 Å². The molecule has 0 aliphatic carbocycles. The van der Waals surface area contributed by atoms with Crippen molar-refractivity contribution in [3.63, 3.8) is 0 Å². The fourth-order valence-electron chi connectivity index (χ4n) is 0.781. The molecule has 60 valence electrons. The van der Waals surface area contributed by atoms with Crippen LogP contribution in [0.2, 0.25) is 0 Å². The molecule has 2 heterocycles. The van der Waals surface area contributed by atoms with E-state index in [-0.39, 0.29) is 5.01 Å². The maximum absolute atomic E-state index is 10.5. The summed E-state index contributed by atoms with van der Waals surface area (Å²) in [5.74, 6) is -1.03. The van der Waals surface area contributed by atoms with E-state index >= 15 is 0 Å². The zero-order valence-electron chi connectivity index (χ0n) is 5.76. The molecule has 0 amide bonds. The summed E-state index contributed by atoms with van der Waals surface area (Å²) in [4.78, 5) is 21.8. The summed E-state index contributed by atoms with van der Waals surface area (Å²) in [6.45, 7) is 0. The number of hydrogen-bond acceptors (Lipinski definition) is 5. The molecule has 2 aromatic rings. The van der Waals surface area contributed by atoms with E-state index in [0.717, 1.165) is 11.3 Å². The SMILES string of the molecule is O=C(O)c1nc2ncncc2s1. The lowest BCUT2D eigenvalue weighted by atomic mass is 10.6. The van der Waals surface area contributed by atoms with Crippen molar-refractivity contribution in [1.29, 1.82) is 0 Å². The van der Waals surface area contributed by atoms with Gasteiger partial charge in [-0.05, 0) is 0 Å². The first-order valence-corrected chi connectivity index (χ1v) is 3.89. The summed E-state index contributed by atoms with van der Waals surface area (Å²) in [5, 5.41) is 8.63. The molecule has 5 nitrogen and oxygen atoms in total. The van der Waals surface area contributed by atoms with Gasteiger partial charge in [-0.2, -0.15) is 0 Å². The van der Waals surface area contributed by atoms with Crippen LogP contribution in [0.15, 0.2) is 12.5 Å². The monoisotopic (exact) mass is 181 g/mol. The second-order valence-electron chi connectivity index (χ2n) is 2.03. The molecule has 0 radical (unpaired) electrons. The molecule has 12 heavy (non-hydrogen) atoms. The molecule has 0 fully saturated rings. The van der Waals surface area contributed by atoms with Crippen molar-refractivity contribution in [3.05, 3.63) is 17.5 Å². The Labute approximate surface area is 70.7 Å². The third-order valence-corrected chi connectivity index (χ3v) is 2.22. The minimum atomic E-state index is -1.03. The minimum Gasteiger partial charge on any atom is -0.476 e. The van der Waals surface area contributed by atoms with Crippen molar-refractivity contribution in [1.82, 2.24) is 15.0 Å². The van der Waals surface area contributed by atoms with Gasteiger partial charge in [-0.25, -0.2) is 19.7 Å². The number of carbonyl (C=O) groups is 1. The van der Waals surface area contributed by atoms with Crippen LogP contribution < -0.4 is 0 Å². The number of hydrogen-bond donors (Lipinski definition) is 1. The van der Waals surface area contributed by atoms with E-state index < -0.39 is 5.97 Å². The van der Waals surface area contributed by atoms with Gasteiger partial charge >= 0.3 is 5.97 Å². The second-order valence-corrected chi connectivity index (χ2v) is 3.07. The Morgan fingerprint density at radius 1 is 1.58 bits per heavy atom. The molecule has 0 aliphatic rings. The van der Waals surface area contributed by atoms with Crippen LogP contribution in [0.5, 0.6) is 0 Å². The number of nitrogens with zero attached hydrogens (tertiary/aromatic N) is 3. The van der Waals surface area contributed by atoms with Crippen LogP contribution in [-0.2, 0) is 0 Å². The molecule has 0 spiro atoms. The molecule has 0 bridgehead atoms. The van der Waals surface area contributed by atoms with Gasteiger partial charge in [0, 0.05) is 6.20 Å². The topological polar surface area (TPSA) is 76.0 Å². The summed E-state index contributed by atoms with van der Waals surface area (Å²) < 4.78 is 0.690. The van der Waals surface area contributed by atoms with E-state index in [1.807, 2.05) is 0 Å². The van der Waals surface area contributed by atoms with Crippen LogP contribution >= 0.6 is 11.3 Å². The summed E-state index contributed by atoms with van der Waals surface area (Å²) >= 11 is 1.07. The van der Waals surface area contributed by atoms with Crippen LogP contribution in [0, 0.1) is 0 Å². The molecule has 0 saturated carbocycles. The first kappa shape index (κ1) is 7.11. The average molecular weight is 181 g/mol. The highest BCUT2D eigenvalue weighted by molar-refractivity contribution is 7.20. The molecular weight excluding hydrogens is 178 g/mol. The zero-order chi connectivity index (χ0) is 8.55. The van der Waals surface area contributed by atoms with Gasteiger partial charge in [-0.15, -0.1) is 11.3 Å². The molecule has 0 saturated heterocycles. The van der Waals surface area contributed by atoms with Crippen molar-refractivity contribution in [2.24, 2.45) is 0 Å². The zero-order valence-corrected chi connectivity index (χ0v) is 6.58. The van der Waals surface area contributed by atoms with Crippen LogP contribution in [0.3, 0.4) is 0 Å². The van der Waals surface area contributed by atoms with E-state index in [9.17, 15) is 4.79 Å². The Hall–Kier alpha value is -1.56. The predicted molar refractivity (Wildman–Crippen MR) is 42.2 cm³/mol. The van der Waals surface area contributed by atoms with Crippen LogP contribution in [-0.4, -0.2) is 26.0 Å². The minimum absolute atomic E-state index is 0.0468. The third kappa shape index (κ3) is 1.02. The molecular formula is C6H3N3O2S. The quantitative estimate of drug-likeness (QED) is 0.703. The smallest absolute Gasteiger partial charge is 0.365 e. The highest BCUT2D eigenvalue weighted by Crippen LogP contribution is 2.18. The number of aromatic nitrogens is 3. The molecule has 0 aromatic carbocycles. The number of rotatable bonds is 1. The van der Waals surface area contributed by atoms with Crippen molar-refractivity contribution < 1.29 is 9.90 Å². The van der Waals surface area contributed by atoms with E-state index in [4.69, 9.17) is 5.11 Å². The molecule has 0 unspecified atom stereocenters. The number of carboxylic acids is 1. The van der Waals surface area contributed by atoms with Gasteiger partial charge < -0.3 is 5.11 Å². The van der Waals surface area contributed by atoms with Gasteiger partial charge in [0.25, 0.3) is 0 Å². The van der Waals surface area contributed by atoms with Gasteiger partial charge in [-0.1, -0.05) is 0 Å². The Bertz CT molecular complexity index is 406. The number of thiazole rings is 1. The lowest BCUT2D eigenvalue weighted by Crippen LogP contribution is -1.93. The van der Waals surface area contributed by atoms with Crippen LogP contribution in [0.1, 0.15) is 9.80 Å². The number of aromatic carboxylic acids is 1. The highest BCUT2D eigenvalue weighted by Gasteiger charge is 2.10. The summed E-state index contributed by atoms with van der Waals surface area (Å²) in [6, 6.07) is 0. The van der Waals surface area contributed by atoms with Crippen molar-refractivity contribution in [3.8, 4) is 0 Å². The standard InChI is InChI=1S/C6H3N3O2S/c10-6(11)5-9-4-3(12-5)1-7-2-8-4/h1-2H,(H,10,11). The lowest BCUT2D eigenvalue weighted by molar-refractivity contribution is 0.0696. The molecule has 0 atom stereocenters. The van der Waals surface area contributed by atoms with Gasteiger partial charge in [0.1, 0.15) is 6.33 Å².